The first-order valence-electron chi connectivity index (χ1n) is 6.30. The topological polar surface area (TPSA) is 148 Å². The van der Waals surface area contributed by atoms with Gasteiger partial charge in [-0.05, 0) is 6.92 Å². The van der Waals surface area contributed by atoms with Crippen LogP contribution in [0.3, 0.4) is 0 Å². The number of rotatable bonds is 5. The maximum Gasteiger partial charge on any atom is 0.409 e. The third-order valence-electron chi connectivity index (χ3n) is 3.10. The summed E-state index contributed by atoms with van der Waals surface area (Å²) in [5.41, 5.74) is 0. The quantitative estimate of drug-likeness (QED) is 0.481. The molecule has 1 aliphatic heterocycles. The smallest absolute Gasteiger partial charge is 0.409 e. The summed E-state index contributed by atoms with van der Waals surface area (Å²) in [4.78, 5) is 50.7. The van der Waals surface area contributed by atoms with Crippen LogP contribution in [0.4, 0.5) is 4.79 Å². The molecule has 0 spiro atoms. The summed E-state index contributed by atoms with van der Waals surface area (Å²) in [6.45, 7) is 2.56. The molecule has 124 valence electrons. The Balaban J connectivity index is 2.60. The molecular weight excluding hydrogens is 326 g/mol. The number of carbonyl (C=O) groups is 1. The maximum atomic E-state index is 11.5. The van der Waals surface area contributed by atoms with E-state index in [9.17, 15) is 13.9 Å². The van der Waals surface area contributed by atoms with Crippen molar-refractivity contribution in [2.24, 2.45) is 0 Å². The van der Waals surface area contributed by atoms with E-state index >= 15 is 0 Å². The Morgan fingerprint density at radius 3 is 1.95 bits per heavy atom. The molecule has 0 atom stereocenters. The van der Waals surface area contributed by atoms with Crippen LogP contribution < -0.4 is 0 Å². The first-order valence-corrected chi connectivity index (χ1v) is 9.66. The van der Waals surface area contributed by atoms with Crippen LogP contribution in [0.5, 0.6) is 0 Å². The lowest BCUT2D eigenvalue weighted by Gasteiger charge is -2.35. The molecule has 0 aromatic heterocycles. The van der Waals surface area contributed by atoms with E-state index in [-0.39, 0.29) is 32.8 Å². The van der Waals surface area contributed by atoms with Gasteiger partial charge in [0.05, 0.1) is 6.61 Å². The fourth-order valence-corrected chi connectivity index (χ4v) is 4.42. The fourth-order valence-electron chi connectivity index (χ4n) is 1.97. The summed E-state index contributed by atoms with van der Waals surface area (Å²) >= 11 is 0. The van der Waals surface area contributed by atoms with E-state index in [4.69, 9.17) is 24.3 Å². The van der Waals surface area contributed by atoms with Gasteiger partial charge < -0.3 is 29.2 Å². The largest absolute Gasteiger partial charge is 0.450 e. The normalized spacial score (nSPS) is 18.1. The Hall–Kier alpha value is -0.470. The van der Waals surface area contributed by atoms with Crippen molar-refractivity contribution in [3.63, 3.8) is 0 Å². The Morgan fingerprint density at radius 1 is 1.10 bits per heavy atom. The molecule has 1 heterocycles. The van der Waals surface area contributed by atoms with E-state index < -0.39 is 33.2 Å². The molecule has 0 aromatic carbocycles. The van der Waals surface area contributed by atoms with Gasteiger partial charge in [0, 0.05) is 32.7 Å². The zero-order valence-electron chi connectivity index (χ0n) is 11.5. The lowest BCUT2D eigenvalue weighted by Crippen LogP contribution is -2.50. The molecule has 0 aliphatic carbocycles. The van der Waals surface area contributed by atoms with Gasteiger partial charge in [0.15, 0.2) is 5.40 Å². The van der Waals surface area contributed by atoms with Crippen molar-refractivity contribution < 1.29 is 38.2 Å². The Kier molecular flexibility index (Phi) is 6.36. The number of ether oxygens (including phenoxy) is 1. The molecule has 10 nitrogen and oxygen atoms in total. The number of hydrogen-bond donors (Lipinski definition) is 4. The van der Waals surface area contributed by atoms with Gasteiger partial charge in [-0.3, -0.25) is 14.0 Å². The molecule has 0 radical (unpaired) electrons. The van der Waals surface area contributed by atoms with Gasteiger partial charge in [-0.2, -0.15) is 0 Å². The van der Waals surface area contributed by atoms with Gasteiger partial charge >= 0.3 is 21.3 Å². The van der Waals surface area contributed by atoms with E-state index in [1.807, 2.05) is 0 Å². The van der Waals surface area contributed by atoms with E-state index in [0.717, 1.165) is 0 Å². The number of hydrogen-bond acceptors (Lipinski definition) is 5. The lowest BCUT2D eigenvalue weighted by atomic mass is 10.3. The zero-order valence-corrected chi connectivity index (χ0v) is 13.3. The third-order valence-corrected chi connectivity index (χ3v) is 6.78. The molecule has 0 saturated carbocycles. The highest BCUT2D eigenvalue weighted by atomic mass is 31.2. The highest BCUT2D eigenvalue weighted by molar-refractivity contribution is 7.70. The highest BCUT2D eigenvalue weighted by Gasteiger charge is 2.44. The van der Waals surface area contributed by atoms with Crippen LogP contribution in [0.2, 0.25) is 0 Å². The second kappa shape index (κ2) is 7.19. The molecule has 21 heavy (non-hydrogen) atoms. The van der Waals surface area contributed by atoms with Crippen LogP contribution >= 0.6 is 15.2 Å². The molecule has 0 aromatic rings. The number of nitrogens with zero attached hydrogens (tertiary/aromatic N) is 2. The van der Waals surface area contributed by atoms with Crippen LogP contribution in [-0.2, 0) is 13.9 Å². The van der Waals surface area contributed by atoms with Crippen molar-refractivity contribution in [3.05, 3.63) is 0 Å². The number of carbonyl (C=O) groups excluding carboxylic acids is 1. The zero-order chi connectivity index (χ0) is 16.3. The molecule has 12 heteroatoms. The van der Waals surface area contributed by atoms with Gasteiger partial charge in [0.1, 0.15) is 0 Å². The minimum absolute atomic E-state index is 0.248. The Bertz CT molecular complexity index is 431. The van der Waals surface area contributed by atoms with E-state index in [0.29, 0.717) is 0 Å². The van der Waals surface area contributed by atoms with Crippen molar-refractivity contribution >= 4 is 21.3 Å². The van der Waals surface area contributed by atoms with Gasteiger partial charge in [0.2, 0.25) is 0 Å². The van der Waals surface area contributed by atoms with Crippen molar-refractivity contribution in [2.45, 2.75) is 12.3 Å². The molecule has 0 bridgehead atoms. The summed E-state index contributed by atoms with van der Waals surface area (Å²) in [7, 11) is -9.84. The predicted molar refractivity (Wildman–Crippen MR) is 72.9 cm³/mol. The van der Waals surface area contributed by atoms with Gasteiger partial charge in [-0.15, -0.1) is 0 Å². The summed E-state index contributed by atoms with van der Waals surface area (Å²) in [5, 5.41) is -2.04. The highest BCUT2D eigenvalue weighted by Crippen LogP contribution is 2.59. The van der Waals surface area contributed by atoms with Crippen LogP contribution in [0.1, 0.15) is 6.92 Å². The molecule has 4 N–H and O–H groups in total. The first-order chi connectivity index (χ1) is 9.55. The average Bonchev–Trinajstić information content (AvgIpc) is 2.34. The Morgan fingerprint density at radius 2 is 1.57 bits per heavy atom. The number of amides is 1. The van der Waals surface area contributed by atoms with E-state index in [1.165, 1.54) is 9.80 Å². The van der Waals surface area contributed by atoms with Gasteiger partial charge in [0.25, 0.3) is 0 Å². The van der Waals surface area contributed by atoms with Crippen molar-refractivity contribution in [1.82, 2.24) is 9.80 Å². The fraction of sp³-hybridized carbons (Fsp3) is 0.889. The molecule has 1 fully saturated rings. The Labute approximate surface area is 122 Å². The first kappa shape index (κ1) is 18.6. The second-order valence-electron chi connectivity index (χ2n) is 4.65. The second-order valence-corrected chi connectivity index (χ2v) is 8.66. The van der Waals surface area contributed by atoms with Crippen LogP contribution in [0.25, 0.3) is 0 Å². The van der Waals surface area contributed by atoms with Crippen molar-refractivity contribution in [3.8, 4) is 0 Å². The summed E-state index contributed by atoms with van der Waals surface area (Å²) in [6.07, 6.45) is -0.473. The molecular formula is C9H20N2O8P2. The lowest BCUT2D eigenvalue weighted by molar-refractivity contribution is 0.0797. The van der Waals surface area contributed by atoms with Crippen molar-refractivity contribution in [1.29, 1.82) is 0 Å². The SMILES string of the molecule is CCOC(=O)N1CCN(CC(P(=O)(O)O)P(=O)(O)O)CC1. The van der Waals surface area contributed by atoms with E-state index in [2.05, 4.69) is 0 Å². The predicted octanol–water partition coefficient (Wildman–Crippen LogP) is -0.558. The number of piperazine rings is 1. The summed E-state index contributed by atoms with van der Waals surface area (Å²) < 4.78 is 27.2. The van der Waals surface area contributed by atoms with Crippen molar-refractivity contribution in [2.75, 3.05) is 39.3 Å². The average molecular weight is 346 g/mol. The molecule has 1 saturated heterocycles. The minimum atomic E-state index is -4.92. The van der Waals surface area contributed by atoms with Crippen LogP contribution in [0, 0.1) is 0 Å². The van der Waals surface area contributed by atoms with Gasteiger partial charge in [-0.25, -0.2) is 4.79 Å². The molecule has 1 aliphatic rings. The molecule has 1 rings (SSSR count). The van der Waals surface area contributed by atoms with Crippen LogP contribution in [0.15, 0.2) is 0 Å². The van der Waals surface area contributed by atoms with E-state index in [1.54, 1.807) is 6.92 Å². The molecule has 0 unspecified atom stereocenters. The standard InChI is InChI=1S/C9H20N2O8P2/c1-2-19-9(12)11-5-3-10(4-6-11)7-8(20(13,14)15)21(16,17)18/h8H,2-7H2,1H3,(H2,13,14,15)(H2,16,17,18). The van der Waals surface area contributed by atoms with Gasteiger partial charge in [-0.1, -0.05) is 0 Å². The summed E-state index contributed by atoms with van der Waals surface area (Å²) in [5.74, 6) is 0. The third kappa shape index (κ3) is 5.67. The maximum absolute atomic E-state index is 11.5. The molecule has 1 amide bonds. The van der Waals surface area contributed by atoms with Crippen LogP contribution in [-0.4, -0.2) is 80.2 Å². The minimum Gasteiger partial charge on any atom is -0.450 e. The monoisotopic (exact) mass is 346 g/mol. The summed E-state index contributed by atoms with van der Waals surface area (Å²) in [6, 6.07) is 0.